The number of hydrogen-bond donors (Lipinski definition) is 0. The zero-order chi connectivity index (χ0) is 18.0. The van der Waals surface area contributed by atoms with E-state index in [0.717, 1.165) is 29.7 Å². The van der Waals surface area contributed by atoms with Crippen molar-refractivity contribution in [1.82, 2.24) is 9.55 Å². The Kier molecular flexibility index (Phi) is 4.81. The maximum Gasteiger partial charge on any atom is 0.416 e. The number of ether oxygens (including phenoxy) is 1. The van der Waals surface area contributed by atoms with Gasteiger partial charge in [-0.3, -0.25) is 0 Å². The topological polar surface area (TPSA) is 27.1 Å². The van der Waals surface area contributed by atoms with Gasteiger partial charge >= 0.3 is 6.18 Å². The first-order valence-corrected chi connectivity index (χ1v) is 8.03. The van der Waals surface area contributed by atoms with Crippen molar-refractivity contribution in [1.29, 1.82) is 0 Å². The normalized spacial score (nSPS) is 12.0. The van der Waals surface area contributed by atoms with E-state index in [2.05, 4.69) is 4.98 Å². The molecular formula is C19H19F3N2O. The highest BCUT2D eigenvalue weighted by atomic mass is 19.4. The van der Waals surface area contributed by atoms with Crippen molar-refractivity contribution in [3.8, 4) is 11.4 Å². The van der Waals surface area contributed by atoms with Crippen molar-refractivity contribution >= 4 is 11.0 Å². The van der Waals surface area contributed by atoms with E-state index in [1.165, 1.54) is 6.07 Å². The Bertz CT molecular complexity index is 867. The van der Waals surface area contributed by atoms with Gasteiger partial charge in [-0.25, -0.2) is 4.98 Å². The summed E-state index contributed by atoms with van der Waals surface area (Å²) < 4.78 is 46.0. The van der Waals surface area contributed by atoms with Crippen LogP contribution in [0.5, 0.6) is 0 Å². The maximum absolute atomic E-state index is 13.0. The fourth-order valence-electron chi connectivity index (χ4n) is 2.82. The molecule has 0 radical (unpaired) electrons. The van der Waals surface area contributed by atoms with Gasteiger partial charge in [0.2, 0.25) is 0 Å². The molecule has 0 aliphatic carbocycles. The third-order valence-electron chi connectivity index (χ3n) is 4.12. The fourth-order valence-corrected chi connectivity index (χ4v) is 2.82. The summed E-state index contributed by atoms with van der Waals surface area (Å²) in [6.07, 6.45) is -3.63. The lowest BCUT2D eigenvalue weighted by molar-refractivity contribution is -0.137. The molecule has 1 heterocycles. The summed E-state index contributed by atoms with van der Waals surface area (Å²) in [4.78, 5) is 4.49. The van der Waals surface area contributed by atoms with E-state index >= 15 is 0 Å². The van der Waals surface area contributed by atoms with E-state index in [-0.39, 0.29) is 0 Å². The lowest BCUT2D eigenvalue weighted by atomic mass is 10.1. The summed E-state index contributed by atoms with van der Waals surface area (Å²) in [5.41, 5.74) is 2.36. The van der Waals surface area contributed by atoms with Crippen LogP contribution in [0.4, 0.5) is 13.2 Å². The number of rotatable bonds is 5. The summed E-state index contributed by atoms with van der Waals surface area (Å²) >= 11 is 0. The molecule has 0 spiro atoms. The van der Waals surface area contributed by atoms with Crippen LogP contribution in [0, 0.1) is 6.92 Å². The van der Waals surface area contributed by atoms with Gasteiger partial charge in [0.1, 0.15) is 5.82 Å². The highest BCUT2D eigenvalue weighted by Crippen LogP contribution is 2.33. The summed E-state index contributed by atoms with van der Waals surface area (Å²) in [6.45, 7) is 3.19. The number of hydrogen-bond acceptors (Lipinski definition) is 2. The molecule has 25 heavy (non-hydrogen) atoms. The highest BCUT2D eigenvalue weighted by molar-refractivity contribution is 5.81. The molecule has 0 saturated carbocycles. The Morgan fingerprint density at radius 2 is 1.80 bits per heavy atom. The average molecular weight is 348 g/mol. The molecule has 0 atom stereocenters. The van der Waals surface area contributed by atoms with Crippen molar-refractivity contribution in [2.24, 2.45) is 0 Å². The molecule has 0 amide bonds. The van der Waals surface area contributed by atoms with Gasteiger partial charge in [0.05, 0.1) is 16.6 Å². The minimum Gasteiger partial charge on any atom is -0.385 e. The smallest absolute Gasteiger partial charge is 0.385 e. The summed E-state index contributed by atoms with van der Waals surface area (Å²) in [6, 6.07) is 11.5. The first kappa shape index (κ1) is 17.5. The van der Waals surface area contributed by atoms with Crippen molar-refractivity contribution in [2.45, 2.75) is 26.1 Å². The predicted octanol–water partition coefficient (Wildman–Crippen LogP) is 5.07. The number of alkyl halides is 3. The summed E-state index contributed by atoms with van der Waals surface area (Å²) in [5.74, 6) is 0.672. The van der Waals surface area contributed by atoms with Crippen LogP contribution < -0.4 is 0 Å². The molecule has 0 aliphatic heterocycles. The largest absolute Gasteiger partial charge is 0.416 e. The van der Waals surface area contributed by atoms with E-state index < -0.39 is 11.7 Å². The lowest BCUT2D eigenvalue weighted by Gasteiger charge is -2.10. The van der Waals surface area contributed by atoms with Crippen LogP contribution in [0.1, 0.15) is 17.5 Å². The minimum absolute atomic E-state index is 0.350. The van der Waals surface area contributed by atoms with E-state index in [1.54, 1.807) is 7.11 Å². The second-order valence-electron chi connectivity index (χ2n) is 6.00. The molecule has 6 heteroatoms. The third kappa shape index (κ3) is 3.69. The Balaban J connectivity index is 2.12. The van der Waals surface area contributed by atoms with Gasteiger partial charge in [0, 0.05) is 25.8 Å². The van der Waals surface area contributed by atoms with Crippen LogP contribution in [0.3, 0.4) is 0 Å². The highest BCUT2D eigenvalue weighted by Gasteiger charge is 2.31. The van der Waals surface area contributed by atoms with Crippen molar-refractivity contribution in [3.63, 3.8) is 0 Å². The first-order chi connectivity index (χ1) is 11.9. The van der Waals surface area contributed by atoms with Gasteiger partial charge in [-0.2, -0.15) is 13.2 Å². The first-order valence-electron chi connectivity index (χ1n) is 8.03. The molecule has 0 N–H and O–H groups in total. The summed E-state index contributed by atoms with van der Waals surface area (Å²) in [7, 11) is 1.63. The van der Waals surface area contributed by atoms with Gasteiger partial charge in [0.15, 0.2) is 0 Å². The molecule has 3 aromatic rings. The number of imidazole rings is 1. The molecule has 1 aromatic heterocycles. The van der Waals surface area contributed by atoms with Gasteiger partial charge in [-0.05, 0) is 31.5 Å². The molecule has 2 aromatic carbocycles. The van der Waals surface area contributed by atoms with Crippen molar-refractivity contribution in [3.05, 3.63) is 53.6 Å². The van der Waals surface area contributed by atoms with Gasteiger partial charge in [-0.15, -0.1) is 0 Å². The number of fused-ring (bicyclic) bond motifs is 1. The number of aryl methyl sites for hydroxylation is 2. The monoisotopic (exact) mass is 348 g/mol. The molecule has 3 nitrogen and oxygen atoms in total. The molecule has 0 unspecified atom stereocenters. The summed E-state index contributed by atoms with van der Waals surface area (Å²) in [5, 5.41) is 0. The van der Waals surface area contributed by atoms with Crippen molar-refractivity contribution < 1.29 is 17.9 Å². The molecular weight excluding hydrogens is 329 g/mol. The van der Waals surface area contributed by atoms with Crippen LogP contribution in [-0.4, -0.2) is 23.3 Å². The van der Waals surface area contributed by atoms with E-state index in [0.29, 0.717) is 30.0 Å². The Labute approximate surface area is 144 Å². The number of benzene rings is 2. The quantitative estimate of drug-likeness (QED) is 0.602. The Morgan fingerprint density at radius 1 is 1.08 bits per heavy atom. The van der Waals surface area contributed by atoms with Gasteiger partial charge < -0.3 is 9.30 Å². The standard InChI is InChI=1S/C19H19F3N2O/c1-13-4-6-14(7-5-13)18-23-16-12-15(19(20,21)22)8-9-17(16)24(18)10-3-11-25-2/h4-9,12H,3,10-11H2,1-2H3. The zero-order valence-corrected chi connectivity index (χ0v) is 14.1. The van der Waals surface area contributed by atoms with Crippen LogP contribution in [0.25, 0.3) is 22.4 Å². The number of halogens is 3. The Morgan fingerprint density at radius 3 is 2.44 bits per heavy atom. The molecule has 0 saturated heterocycles. The number of methoxy groups -OCH3 is 1. The van der Waals surface area contributed by atoms with E-state index in [4.69, 9.17) is 4.74 Å². The average Bonchev–Trinajstić information content (AvgIpc) is 2.93. The van der Waals surface area contributed by atoms with E-state index in [1.807, 2.05) is 35.8 Å². The predicted molar refractivity (Wildman–Crippen MR) is 91.4 cm³/mol. The van der Waals surface area contributed by atoms with Crippen molar-refractivity contribution in [2.75, 3.05) is 13.7 Å². The Hall–Kier alpha value is -2.34. The fraction of sp³-hybridized carbons (Fsp3) is 0.316. The number of aromatic nitrogens is 2. The molecule has 3 rings (SSSR count). The minimum atomic E-state index is -4.38. The second-order valence-corrected chi connectivity index (χ2v) is 6.00. The zero-order valence-electron chi connectivity index (χ0n) is 14.1. The SMILES string of the molecule is COCCCn1c(-c2ccc(C)cc2)nc2cc(C(F)(F)F)ccc21. The molecule has 132 valence electrons. The van der Waals surface area contributed by atoms with E-state index in [9.17, 15) is 13.2 Å². The maximum atomic E-state index is 13.0. The number of nitrogens with zero attached hydrogens (tertiary/aromatic N) is 2. The molecule has 0 fully saturated rings. The van der Waals surface area contributed by atoms with Crippen LogP contribution in [0.15, 0.2) is 42.5 Å². The lowest BCUT2D eigenvalue weighted by Crippen LogP contribution is -2.05. The second kappa shape index (κ2) is 6.88. The van der Waals surface area contributed by atoms with Gasteiger partial charge in [-0.1, -0.05) is 29.8 Å². The molecule has 0 aliphatic rings. The van der Waals surface area contributed by atoms with Crippen LogP contribution in [0.2, 0.25) is 0 Å². The molecule has 0 bridgehead atoms. The van der Waals surface area contributed by atoms with Crippen LogP contribution >= 0.6 is 0 Å². The van der Waals surface area contributed by atoms with Crippen LogP contribution in [-0.2, 0) is 17.5 Å². The third-order valence-corrected chi connectivity index (χ3v) is 4.12. The van der Waals surface area contributed by atoms with Gasteiger partial charge in [0.25, 0.3) is 0 Å².